The zero-order chi connectivity index (χ0) is 20.3. The summed E-state index contributed by atoms with van der Waals surface area (Å²) in [6.45, 7) is 6.20. The first-order valence-corrected chi connectivity index (χ1v) is 10.8. The van der Waals surface area contributed by atoms with Gasteiger partial charge in [0.15, 0.2) is 5.96 Å². The Labute approximate surface area is 174 Å². The average molecular weight is 405 g/mol. The van der Waals surface area contributed by atoms with Crippen LogP contribution >= 0.6 is 0 Å². The molecule has 2 fully saturated rings. The molecule has 2 N–H and O–H groups in total. The van der Waals surface area contributed by atoms with Gasteiger partial charge < -0.3 is 29.7 Å². The minimum Gasteiger partial charge on any atom is -0.497 e. The lowest BCUT2D eigenvalue weighted by molar-refractivity contribution is 0.0888. The van der Waals surface area contributed by atoms with E-state index in [1.165, 1.54) is 5.69 Å². The van der Waals surface area contributed by atoms with Crippen LogP contribution in [0.4, 0.5) is 5.69 Å². The molecule has 0 amide bonds. The van der Waals surface area contributed by atoms with Crippen molar-refractivity contribution in [2.75, 3.05) is 65.1 Å². The van der Waals surface area contributed by atoms with Crippen LogP contribution in [0.5, 0.6) is 5.75 Å². The van der Waals surface area contributed by atoms with Crippen LogP contribution in [0, 0.1) is 5.92 Å². The van der Waals surface area contributed by atoms with E-state index in [1.807, 2.05) is 19.2 Å². The number of aliphatic imine (C=N–C) groups is 1. The van der Waals surface area contributed by atoms with Crippen molar-refractivity contribution >= 4 is 11.6 Å². The first-order valence-electron chi connectivity index (χ1n) is 10.8. The molecular formula is C22H36N4O3. The normalized spacial score (nSPS) is 22.6. The lowest BCUT2D eigenvalue weighted by Gasteiger charge is -2.35. The molecule has 2 aliphatic rings. The van der Waals surface area contributed by atoms with E-state index in [2.05, 4.69) is 32.7 Å². The molecule has 2 saturated heterocycles. The largest absolute Gasteiger partial charge is 0.497 e. The number of nitrogens with zero attached hydrogens (tertiary/aromatic N) is 2. The highest BCUT2D eigenvalue weighted by molar-refractivity contribution is 5.80. The Hall–Kier alpha value is -1.99. The summed E-state index contributed by atoms with van der Waals surface area (Å²) in [7, 11) is 3.54. The molecule has 0 aromatic heterocycles. The maximum absolute atomic E-state index is 5.77. The van der Waals surface area contributed by atoms with Crippen molar-refractivity contribution in [3.63, 3.8) is 0 Å². The molecule has 2 heterocycles. The minimum atomic E-state index is 0.375. The Bertz CT molecular complexity index is 634. The van der Waals surface area contributed by atoms with Gasteiger partial charge in [0.25, 0.3) is 0 Å². The summed E-state index contributed by atoms with van der Waals surface area (Å²) in [5.74, 6) is 2.35. The van der Waals surface area contributed by atoms with Crippen LogP contribution in [0.25, 0.3) is 0 Å². The van der Waals surface area contributed by atoms with E-state index in [1.54, 1.807) is 7.11 Å². The molecule has 0 bridgehead atoms. The van der Waals surface area contributed by atoms with Gasteiger partial charge in [-0.15, -0.1) is 0 Å². The molecule has 0 spiro atoms. The number of piperidine rings is 1. The van der Waals surface area contributed by atoms with Crippen LogP contribution in [-0.4, -0.2) is 72.2 Å². The van der Waals surface area contributed by atoms with E-state index >= 15 is 0 Å². The second kappa shape index (κ2) is 11.9. The fourth-order valence-electron chi connectivity index (χ4n) is 3.87. The van der Waals surface area contributed by atoms with Crippen molar-refractivity contribution in [3.8, 4) is 5.75 Å². The summed E-state index contributed by atoms with van der Waals surface area (Å²) in [6.07, 6.45) is 4.40. The van der Waals surface area contributed by atoms with Crippen molar-refractivity contribution < 1.29 is 14.2 Å². The van der Waals surface area contributed by atoms with Crippen molar-refractivity contribution in [3.05, 3.63) is 24.3 Å². The molecular weight excluding hydrogens is 368 g/mol. The second-order valence-corrected chi connectivity index (χ2v) is 7.79. The van der Waals surface area contributed by atoms with Crippen LogP contribution in [0.15, 0.2) is 29.3 Å². The first-order chi connectivity index (χ1) is 14.3. The Morgan fingerprint density at radius 3 is 3.07 bits per heavy atom. The molecule has 1 aromatic carbocycles. The number of hydrogen-bond donors (Lipinski definition) is 2. The third-order valence-corrected chi connectivity index (χ3v) is 5.54. The maximum Gasteiger partial charge on any atom is 0.191 e. The van der Waals surface area contributed by atoms with Crippen molar-refractivity contribution in [2.24, 2.45) is 10.9 Å². The Balaban J connectivity index is 1.36. The second-order valence-electron chi connectivity index (χ2n) is 7.79. The fraction of sp³-hybridized carbons (Fsp3) is 0.682. The molecule has 2 aliphatic heterocycles. The minimum absolute atomic E-state index is 0.375. The number of anilines is 1. The van der Waals surface area contributed by atoms with E-state index in [9.17, 15) is 0 Å². The molecule has 0 saturated carbocycles. The highest BCUT2D eigenvalue weighted by atomic mass is 16.5. The topological polar surface area (TPSA) is 67.4 Å². The van der Waals surface area contributed by atoms with Crippen LogP contribution < -0.4 is 20.3 Å². The molecule has 2 atom stereocenters. The average Bonchev–Trinajstić information content (AvgIpc) is 3.29. The van der Waals surface area contributed by atoms with Crippen molar-refractivity contribution in [2.45, 2.75) is 31.7 Å². The quantitative estimate of drug-likeness (QED) is 0.374. The van der Waals surface area contributed by atoms with Crippen LogP contribution in [0.3, 0.4) is 0 Å². The Kier molecular flexibility index (Phi) is 8.89. The molecule has 3 rings (SSSR count). The van der Waals surface area contributed by atoms with E-state index < -0.39 is 0 Å². The highest BCUT2D eigenvalue weighted by Crippen LogP contribution is 2.24. The molecule has 7 nitrogen and oxygen atoms in total. The third-order valence-electron chi connectivity index (χ3n) is 5.54. The predicted molar refractivity (Wildman–Crippen MR) is 117 cm³/mol. The van der Waals surface area contributed by atoms with Gasteiger partial charge in [-0.3, -0.25) is 4.99 Å². The SMILES string of the molecule is CN=C(NCCCOCC1CCOC1)NC1CCCN(c2cccc(OC)c2)C1. The van der Waals surface area contributed by atoms with Gasteiger partial charge in [-0.25, -0.2) is 0 Å². The number of hydrogen-bond acceptors (Lipinski definition) is 5. The van der Waals surface area contributed by atoms with Gasteiger partial charge in [-0.1, -0.05) is 6.07 Å². The van der Waals surface area contributed by atoms with Crippen LogP contribution in [0.1, 0.15) is 25.7 Å². The van der Waals surface area contributed by atoms with Crippen molar-refractivity contribution in [1.29, 1.82) is 0 Å². The van der Waals surface area contributed by atoms with Gasteiger partial charge in [-0.05, 0) is 37.8 Å². The first kappa shape index (κ1) is 21.7. The highest BCUT2D eigenvalue weighted by Gasteiger charge is 2.21. The van der Waals surface area contributed by atoms with E-state index in [0.29, 0.717) is 12.0 Å². The van der Waals surface area contributed by atoms with Gasteiger partial charge in [0.2, 0.25) is 0 Å². The monoisotopic (exact) mass is 404 g/mol. The molecule has 0 aliphatic carbocycles. The molecule has 7 heteroatoms. The Morgan fingerprint density at radius 2 is 2.28 bits per heavy atom. The van der Waals surface area contributed by atoms with Gasteiger partial charge in [0, 0.05) is 63.6 Å². The number of rotatable bonds is 9. The smallest absolute Gasteiger partial charge is 0.191 e. The number of nitrogens with one attached hydrogen (secondary N) is 2. The third kappa shape index (κ3) is 7.08. The summed E-state index contributed by atoms with van der Waals surface area (Å²) in [5, 5.41) is 6.99. The molecule has 162 valence electrons. The summed E-state index contributed by atoms with van der Waals surface area (Å²) in [6, 6.07) is 8.66. The van der Waals surface area contributed by atoms with E-state index in [-0.39, 0.29) is 0 Å². The molecule has 0 radical (unpaired) electrons. The predicted octanol–water partition coefficient (Wildman–Crippen LogP) is 2.27. The summed E-state index contributed by atoms with van der Waals surface area (Å²) in [4.78, 5) is 6.80. The molecule has 29 heavy (non-hydrogen) atoms. The van der Waals surface area contributed by atoms with Gasteiger partial charge in [0.1, 0.15) is 5.75 Å². The standard InChI is InChI=1S/C22H36N4O3/c1-23-22(24-10-5-12-28-16-18-9-13-29-17-18)25-19-6-4-11-26(15-19)20-7-3-8-21(14-20)27-2/h3,7-8,14,18-19H,4-6,9-13,15-17H2,1-2H3,(H2,23,24,25). The zero-order valence-electron chi connectivity index (χ0n) is 17.9. The lowest BCUT2D eigenvalue weighted by Crippen LogP contribution is -2.51. The van der Waals surface area contributed by atoms with Gasteiger partial charge in [0.05, 0.1) is 20.3 Å². The van der Waals surface area contributed by atoms with Crippen molar-refractivity contribution in [1.82, 2.24) is 10.6 Å². The lowest BCUT2D eigenvalue weighted by atomic mass is 10.0. The number of ether oxygens (including phenoxy) is 3. The van der Waals surface area contributed by atoms with Gasteiger partial charge in [-0.2, -0.15) is 0 Å². The number of guanidine groups is 1. The number of benzene rings is 1. The molecule has 2 unspecified atom stereocenters. The van der Waals surface area contributed by atoms with E-state index in [4.69, 9.17) is 14.2 Å². The number of methoxy groups -OCH3 is 1. The maximum atomic E-state index is 5.77. The summed E-state index contributed by atoms with van der Waals surface area (Å²) in [5.41, 5.74) is 1.21. The fourth-order valence-corrected chi connectivity index (χ4v) is 3.87. The summed E-state index contributed by atoms with van der Waals surface area (Å²) >= 11 is 0. The zero-order valence-corrected chi connectivity index (χ0v) is 17.9. The van der Waals surface area contributed by atoms with Gasteiger partial charge >= 0.3 is 0 Å². The summed E-state index contributed by atoms with van der Waals surface area (Å²) < 4.78 is 16.5. The molecule has 1 aromatic rings. The van der Waals surface area contributed by atoms with Crippen LogP contribution in [-0.2, 0) is 9.47 Å². The van der Waals surface area contributed by atoms with E-state index in [0.717, 1.165) is 83.5 Å². The Morgan fingerprint density at radius 1 is 1.34 bits per heavy atom. The van der Waals surface area contributed by atoms with Crippen LogP contribution in [0.2, 0.25) is 0 Å².